The van der Waals surface area contributed by atoms with Crippen LogP contribution in [0.25, 0.3) is 0 Å². The predicted molar refractivity (Wildman–Crippen MR) is 106 cm³/mol. The van der Waals surface area contributed by atoms with Crippen molar-refractivity contribution >= 4 is 29.3 Å². The molecule has 1 atom stereocenters. The number of hydrogen-bond donors (Lipinski definition) is 5. The molecule has 0 radical (unpaired) electrons. The number of anilines is 3. The van der Waals surface area contributed by atoms with Gasteiger partial charge in [0.25, 0.3) is 11.5 Å². The summed E-state index contributed by atoms with van der Waals surface area (Å²) in [5.41, 5.74) is 9.40. The minimum atomic E-state index is -4.85. The van der Waals surface area contributed by atoms with Crippen molar-refractivity contribution in [2.24, 2.45) is 17.4 Å². The van der Waals surface area contributed by atoms with Gasteiger partial charge in [0, 0.05) is 5.69 Å². The van der Waals surface area contributed by atoms with Gasteiger partial charge in [-0.05, 0) is 36.6 Å². The second-order valence-corrected chi connectivity index (χ2v) is 6.93. The molecule has 7 N–H and O–H groups in total. The average molecular weight is 442 g/mol. The van der Waals surface area contributed by atoms with Crippen molar-refractivity contribution in [2.75, 3.05) is 10.6 Å². The number of ether oxygens (including phenoxy) is 1. The Labute approximate surface area is 174 Å². The first-order valence-electron chi connectivity index (χ1n) is 8.98. The van der Waals surface area contributed by atoms with Crippen molar-refractivity contribution in [3.63, 3.8) is 0 Å². The third kappa shape index (κ3) is 6.90. The molecule has 13 heteroatoms. The van der Waals surface area contributed by atoms with E-state index in [1.54, 1.807) is 0 Å². The van der Waals surface area contributed by atoms with Gasteiger partial charge in [-0.1, -0.05) is 13.8 Å². The Bertz CT molecular complexity index is 1000. The molecule has 1 aromatic heterocycles. The van der Waals surface area contributed by atoms with E-state index in [0.717, 1.165) is 12.1 Å². The lowest BCUT2D eigenvalue weighted by atomic mass is 10.0. The number of nitrogens with two attached hydrogens (primary N) is 2. The minimum absolute atomic E-state index is 0.0941. The van der Waals surface area contributed by atoms with Crippen LogP contribution in [0.3, 0.4) is 0 Å². The highest BCUT2D eigenvalue weighted by Gasteiger charge is 2.31. The molecular weight excluding hydrogens is 421 g/mol. The molecule has 0 aliphatic rings. The third-order valence-electron chi connectivity index (χ3n) is 3.88. The summed E-state index contributed by atoms with van der Waals surface area (Å²) in [7, 11) is 0. The molecule has 2 amide bonds. The summed E-state index contributed by atoms with van der Waals surface area (Å²) in [6.45, 7) is 3.73. The fourth-order valence-corrected chi connectivity index (χ4v) is 2.62. The Balaban J connectivity index is 2.35. The molecule has 0 aliphatic heterocycles. The average Bonchev–Trinajstić information content (AvgIpc) is 2.60. The molecule has 2 aromatic rings. The second kappa shape index (κ2) is 9.36. The lowest BCUT2D eigenvalue weighted by Crippen LogP contribution is -2.38. The van der Waals surface area contributed by atoms with Gasteiger partial charge >= 0.3 is 6.36 Å². The summed E-state index contributed by atoms with van der Waals surface area (Å²) < 4.78 is 40.6. The summed E-state index contributed by atoms with van der Waals surface area (Å²) in [5.74, 6) is -2.56. The molecule has 31 heavy (non-hydrogen) atoms. The first-order valence-corrected chi connectivity index (χ1v) is 8.98. The number of H-pyrrole nitrogens is 1. The van der Waals surface area contributed by atoms with E-state index in [9.17, 15) is 27.6 Å². The molecule has 1 heterocycles. The van der Waals surface area contributed by atoms with Crippen molar-refractivity contribution in [3.8, 4) is 5.75 Å². The number of nitrogens with zero attached hydrogens (tertiary/aromatic N) is 1. The summed E-state index contributed by atoms with van der Waals surface area (Å²) in [6.07, 6.45) is -4.50. The second-order valence-electron chi connectivity index (χ2n) is 6.93. The Morgan fingerprint density at radius 3 is 2.29 bits per heavy atom. The number of amides is 2. The number of aromatic nitrogens is 2. The normalized spacial score (nSPS) is 12.3. The lowest BCUT2D eigenvalue weighted by molar-refractivity contribution is -0.274. The van der Waals surface area contributed by atoms with Gasteiger partial charge in [0.15, 0.2) is 5.82 Å². The monoisotopic (exact) mass is 442 g/mol. The standard InChI is InChI=1S/C18H21F3N6O4/c1-8(2)7-11(13(22)28)25-17-26-15(12(14(23)29)16(30)27-17)24-9-3-5-10(6-4-9)31-18(19,20)21/h3-6,8,11H,7H2,1-2H3,(H2,22,28)(H2,23,29)(H3,24,25,26,27,30)/t11-/m1/s1. The molecule has 0 saturated carbocycles. The Hall–Kier alpha value is -3.77. The van der Waals surface area contributed by atoms with E-state index in [-0.39, 0.29) is 23.4 Å². The van der Waals surface area contributed by atoms with Crippen molar-refractivity contribution in [2.45, 2.75) is 32.7 Å². The number of aromatic amines is 1. The summed E-state index contributed by atoms with van der Waals surface area (Å²) >= 11 is 0. The van der Waals surface area contributed by atoms with Crippen molar-refractivity contribution < 1.29 is 27.5 Å². The van der Waals surface area contributed by atoms with Crippen LogP contribution in [0.4, 0.5) is 30.6 Å². The van der Waals surface area contributed by atoms with Crippen LogP contribution in [-0.2, 0) is 4.79 Å². The van der Waals surface area contributed by atoms with Crippen LogP contribution in [0, 0.1) is 5.92 Å². The fraction of sp³-hybridized carbons (Fsp3) is 0.333. The molecule has 1 aromatic carbocycles. The van der Waals surface area contributed by atoms with Crippen LogP contribution >= 0.6 is 0 Å². The van der Waals surface area contributed by atoms with Crippen LogP contribution in [0.5, 0.6) is 5.75 Å². The van der Waals surface area contributed by atoms with E-state index in [1.165, 1.54) is 12.1 Å². The van der Waals surface area contributed by atoms with Crippen molar-refractivity contribution in [1.82, 2.24) is 9.97 Å². The molecule has 2 rings (SSSR count). The topological polar surface area (TPSA) is 165 Å². The first kappa shape index (κ1) is 23.5. The smallest absolute Gasteiger partial charge is 0.406 e. The summed E-state index contributed by atoms with van der Waals surface area (Å²) in [4.78, 5) is 42.1. The Kier molecular flexibility index (Phi) is 7.10. The number of halogens is 3. The number of rotatable bonds is 9. The van der Waals surface area contributed by atoms with Crippen LogP contribution in [0.2, 0.25) is 0 Å². The van der Waals surface area contributed by atoms with Gasteiger partial charge in [-0.25, -0.2) is 0 Å². The fourth-order valence-electron chi connectivity index (χ4n) is 2.62. The quantitative estimate of drug-likeness (QED) is 0.395. The van der Waals surface area contributed by atoms with E-state index >= 15 is 0 Å². The zero-order valence-electron chi connectivity index (χ0n) is 16.5. The summed E-state index contributed by atoms with van der Waals surface area (Å²) in [5, 5.41) is 5.34. The highest BCUT2D eigenvalue weighted by molar-refractivity contribution is 5.98. The van der Waals surface area contributed by atoms with Crippen molar-refractivity contribution in [3.05, 3.63) is 40.2 Å². The number of carbonyl (C=O) groups is 2. The van der Waals surface area contributed by atoms with Gasteiger partial charge in [-0.15, -0.1) is 13.2 Å². The third-order valence-corrected chi connectivity index (χ3v) is 3.88. The zero-order valence-corrected chi connectivity index (χ0v) is 16.5. The highest BCUT2D eigenvalue weighted by atomic mass is 19.4. The molecule has 0 unspecified atom stereocenters. The van der Waals surface area contributed by atoms with E-state index in [0.29, 0.717) is 6.42 Å². The van der Waals surface area contributed by atoms with Gasteiger partial charge in [0.05, 0.1) is 0 Å². The SMILES string of the molecule is CC(C)C[C@@H](Nc1nc(Nc2ccc(OC(F)(F)F)cc2)c(C(N)=O)c(=O)[nH]1)C(N)=O. The van der Waals surface area contributed by atoms with Gasteiger partial charge in [-0.2, -0.15) is 4.98 Å². The molecule has 168 valence electrons. The molecular formula is C18H21F3N6O4. The molecule has 10 nitrogen and oxygen atoms in total. The van der Waals surface area contributed by atoms with Crippen LogP contribution in [0.1, 0.15) is 30.6 Å². The van der Waals surface area contributed by atoms with E-state index in [4.69, 9.17) is 11.5 Å². The Morgan fingerprint density at radius 1 is 1.19 bits per heavy atom. The number of benzene rings is 1. The van der Waals surface area contributed by atoms with Crippen LogP contribution < -0.4 is 32.4 Å². The first-order chi connectivity index (χ1) is 14.4. The van der Waals surface area contributed by atoms with E-state index in [1.807, 2.05) is 13.8 Å². The van der Waals surface area contributed by atoms with E-state index in [2.05, 4.69) is 25.3 Å². The Morgan fingerprint density at radius 2 is 1.81 bits per heavy atom. The molecule has 0 fully saturated rings. The maximum Gasteiger partial charge on any atom is 0.573 e. The van der Waals surface area contributed by atoms with Crippen LogP contribution in [0.15, 0.2) is 29.1 Å². The highest BCUT2D eigenvalue weighted by Crippen LogP contribution is 2.25. The molecule has 0 spiro atoms. The van der Waals surface area contributed by atoms with Gasteiger partial charge in [0.1, 0.15) is 17.4 Å². The van der Waals surface area contributed by atoms with Crippen LogP contribution in [-0.4, -0.2) is 34.2 Å². The molecule has 0 saturated heterocycles. The summed E-state index contributed by atoms with van der Waals surface area (Å²) in [6, 6.07) is 3.63. The molecule has 0 aliphatic carbocycles. The van der Waals surface area contributed by atoms with Gasteiger partial charge in [-0.3, -0.25) is 19.4 Å². The number of nitrogens with one attached hydrogen (secondary N) is 3. The van der Waals surface area contributed by atoms with Crippen molar-refractivity contribution in [1.29, 1.82) is 0 Å². The molecule has 0 bridgehead atoms. The number of alkyl halides is 3. The number of primary amides is 2. The lowest BCUT2D eigenvalue weighted by Gasteiger charge is -2.18. The number of hydrogen-bond acceptors (Lipinski definition) is 7. The number of carbonyl (C=O) groups excluding carboxylic acids is 2. The maximum atomic E-state index is 12.3. The van der Waals surface area contributed by atoms with E-state index < -0.39 is 41.1 Å². The van der Waals surface area contributed by atoms with Gasteiger partial charge < -0.3 is 26.8 Å². The minimum Gasteiger partial charge on any atom is -0.406 e. The largest absolute Gasteiger partial charge is 0.573 e. The zero-order chi connectivity index (χ0) is 23.3. The predicted octanol–water partition coefficient (Wildman–Crippen LogP) is 1.82. The van der Waals surface area contributed by atoms with Gasteiger partial charge in [0.2, 0.25) is 11.9 Å². The maximum absolute atomic E-state index is 12.3.